The highest BCUT2D eigenvalue weighted by Gasteiger charge is 2.39. The Kier molecular flexibility index (Phi) is 8.95. The van der Waals surface area contributed by atoms with Crippen LogP contribution in [-0.4, -0.2) is 44.2 Å². The van der Waals surface area contributed by atoms with E-state index in [-0.39, 0.29) is 18.3 Å². The van der Waals surface area contributed by atoms with E-state index in [0.717, 1.165) is 25.7 Å². The molecule has 0 amide bonds. The van der Waals surface area contributed by atoms with Crippen LogP contribution >= 0.6 is 0 Å². The quantitative estimate of drug-likeness (QED) is 0.342. The number of carbonyl (C=O) groups is 1. The summed E-state index contributed by atoms with van der Waals surface area (Å²) in [6, 6.07) is 0. The van der Waals surface area contributed by atoms with Crippen LogP contribution in [0.25, 0.3) is 0 Å². The maximum absolute atomic E-state index is 10.6. The SMILES string of the molecule is CCCCC[C@](C)(O)/C=C/[C@@H]1[C@@H](CCCCC(=O)O)[C@@H](O)C[C@H]1O. The van der Waals surface area contributed by atoms with Crippen molar-refractivity contribution in [2.24, 2.45) is 11.8 Å². The van der Waals surface area contributed by atoms with Crippen molar-refractivity contribution >= 4 is 5.97 Å². The van der Waals surface area contributed by atoms with Gasteiger partial charge in [-0.05, 0) is 32.1 Å². The van der Waals surface area contributed by atoms with Crippen LogP contribution in [0.4, 0.5) is 0 Å². The second-order valence-corrected chi connectivity index (χ2v) is 7.42. The van der Waals surface area contributed by atoms with E-state index in [1.54, 1.807) is 13.0 Å². The van der Waals surface area contributed by atoms with Gasteiger partial charge < -0.3 is 20.4 Å². The molecule has 24 heavy (non-hydrogen) atoms. The summed E-state index contributed by atoms with van der Waals surface area (Å²) in [5.74, 6) is -1.06. The third-order valence-corrected chi connectivity index (χ3v) is 5.06. The zero-order valence-electron chi connectivity index (χ0n) is 15.0. The fraction of sp³-hybridized carbons (Fsp3) is 0.842. The average Bonchev–Trinajstić information content (AvgIpc) is 2.75. The summed E-state index contributed by atoms with van der Waals surface area (Å²) in [7, 11) is 0. The van der Waals surface area contributed by atoms with Crippen LogP contribution in [0.3, 0.4) is 0 Å². The van der Waals surface area contributed by atoms with E-state index in [2.05, 4.69) is 6.92 Å². The van der Waals surface area contributed by atoms with Gasteiger partial charge in [0.1, 0.15) is 0 Å². The molecule has 5 atom stereocenters. The number of aliphatic hydroxyl groups is 3. The van der Waals surface area contributed by atoms with Gasteiger partial charge in [-0.15, -0.1) is 0 Å². The van der Waals surface area contributed by atoms with E-state index in [1.165, 1.54) is 0 Å². The summed E-state index contributed by atoms with van der Waals surface area (Å²) < 4.78 is 0. The van der Waals surface area contributed by atoms with Gasteiger partial charge in [0.2, 0.25) is 0 Å². The molecule has 1 saturated carbocycles. The Morgan fingerprint density at radius 1 is 1.17 bits per heavy atom. The van der Waals surface area contributed by atoms with Crippen molar-refractivity contribution in [3.05, 3.63) is 12.2 Å². The molecule has 1 aliphatic rings. The number of unbranched alkanes of at least 4 members (excludes halogenated alkanes) is 3. The second-order valence-electron chi connectivity index (χ2n) is 7.42. The van der Waals surface area contributed by atoms with E-state index in [0.29, 0.717) is 25.7 Å². The van der Waals surface area contributed by atoms with Crippen molar-refractivity contribution in [3.63, 3.8) is 0 Å². The summed E-state index contributed by atoms with van der Waals surface area (Å²) in [5.41, 5.74) is -0.893. The summed E-state index contributed by atoms with van der Waals surface area (Å²) in [5, 5.41) is 39.5. The van der Waals surface area contributed by atoms with Crippen LogP contribution in [0.1, 0.15) is 71.6 Å². The predicted octanol–water partition coefficient (Wildman–Crippen LogP) is 2.88. The van der Waals surface area contributed by atoms with Crippen molar-refractivity contribution in [2.75, 3.05) is 0 Å². The highest BCUT2D eigenvalue weighted by molar-refractivity contribution is 5.66. The van der Waals surface area contributed by atoms with Gasteiger partial charge in [0.05, 0.1) is 17.8 Å². The Labute approximate surface area is 145 Å². The maximum Gasteiger partial charge on any atom is 0.303 e. The van der Waals surface area contributed by atoms with Gasteiger partial charge in [-0.2, -0.15) is 0 Å². The molecule has 0 aromatic rings. The molecule has 0 heterocycles. The molecule has 0 aromatic heterocycles. The van der Waals surface area contributed by atoms with Gasteiger partial charge in [0, 0.05) is 18.8 Å². The Hall–Kier alpha value is -0.910. The molecule has 140 valence electrons. The fourth-order valence-electron chi connectivity index (χ4n) is 3.57. The van der Waals surface area contributed by atoms with Crippen LogP contribution in [0.2, 0.25) is 0 Å². The van der Waals surface area contributed by atoms with Gasteiger partial charge in [-0.1, -0.05) is 44.8 Å². The minimum Gasteiger partial charge on any atom is -0.481 e. The first-order valence-electron chi connectivity index (χ1n) is 9.26. The monoisotopic (exact) mass is 342 g/mol. The molecule has 0 unspecified atom stereocenters. The van der Waals surface area contributed by atoms with E-state index in [4.69, 9.17) is 5.11 Å². The Morgan fingerprint density at radius 2 is 1.88 bits per heavy atom. The Bertz CT molecular complexity index is 405. The molecule has 1 fully saturated rings. The minimum atomic E-state index is -0.893. The van der Waals surface area contributed by atoms with Crippen molar-refractivity contribution in [3.8, 4) is 0 Å². The van der Waals surface area contributed by atoms with Crippen LogP contribution in [0, 0.1) is 11.8 Å². The van der Waals surface area contributed by atoms with Gasteiger partial charge >= 0.3 is 5.97 Å². The molecule has 0 aromatic carbocycles. The molecule has 5 heteroatoms. The molecular formula is C19H34O5. The molecule has 0 saturated heterocycles. The van der Waals surface area contributed by atoms with Gasteiger partial charge in [-0.25, -0.2) is 0 Å². The zero-order chi connectivity index (χ0) is 18.2. The molecular weight excluding hydrogens is 308 g/mol. The maximum atomic E-state index is 10.6. The highest BCUT2D eigenvalue weighted by Crippen LogP contribution is 2.37. The lowest BCUT2D eigenvalue weighted by molar-refractivity contribution is -0.137. The van der Waals surface area contributed by atoms with E-state index < -0.39 is 23.8 Å². The predicted molar refractivity (Wildman–Crippen MR) is 93.6 cm³/mol. The molecule has 0 aliphatic heterocycles. The molecule has 0 bridgehead atoms. The first-order chi connectivity index (χ1) is 11.3. The van der Waals surface area contributed by atoms with Crippen LogP contribution in [0.5, 0.6) is 0 Å². The normalized spacial score (nSPS) is 29.9. The topological polar surface area (TPSA) is 98.0 Å². The van der Waals surface area contributed by atoms with Crippen LogP contribution in [-0.2, 0) is 4.79 Å². The molecule has 5 nitrogen and oxygen atoms in total. The smallest absolute Gasteiger partial charge is 0.303 e. The average molecular weight is 342 g/mol. The highest BCUT2D eigenvalue weighted by atomic mass is 16.4. The van der Waals surface area contributed by atoms with E-state index >= 15 is 0 Å². The van der Waals surface area contributed by atoms with Crippen molar-refractivity contribution in [1.29, 1.82) is 0 Å². The second kappa shape index (κ2) is 10.2. The number of carboxylic acids is 1. The van der Waals surface area contributed by atoms with Crippen LogP contribution < -0.4 is 0 Å². The lowest BCUT2D eigenvalue weighted by Crippen LogP contribution is -2.24. The third-order valence-electron chi connectivity index (χ3n) is 5.06. The van der Waals surface area contributed by atoms with Gasteiger partial charge in [-0.3, -0.25) is 4.79 Å². The number of carboxylic acid groups (broad SMARTS) is 1. The first kappa shape index (κ1) is 21.1. The zero-order valence-corrected chi connectivity index (χ0v) is 15.0. The largest absolute Gasteiger partial charge is 0.481 e. The lowest BCUT2D eigenvalue weighted by Gasteiger charge is -2.23. The number of hydrogen-bond acceptors (Lipinski definition) is 4. The van der Waals surface area contributed by atoms with Crippen LogP contribution in [0.15, 0.2) is 12.2 Å². The Balaban J connectivity index is 2.57. The van der Waals surface area contributed by atoms with Crippen molar-refractivity contribution < 1.29 is 25.2 Å². The minimum absolute atomic E-state index is 0.0727. The number of aliphatic hydroxyl groups excluding tert-OH is 2. The van der Waals surface area contributed by atoms with Crippen molar-refractivity contribution in [1.82, 2.24) is 0 Å². The van der Waals surface area contributed by atoms with E-state index in [1.807, 2.05) is 6.08 Å². The number of aliphatic carboxylic acids is 1. The van der Waals surface area contributed by atoms with Gasteiger partial charge in [0.15, 0.2) is 0 Å². The molecule has 0 radical (unpaired) electrons. The first-order valence-corrected chi connectivity index (χ1v) is 9.26. The summed E-state index contributed by atoms with van der Waals surface area (Å²) in [6.45, 7) is 3.90. The summed E-state index contributed by atoms with van der Waals surface area (Å²) in [4.78, 5) is 10.6. The number of hydrogen-bond donors (Lipinski definition) is 4. The molecule has 4 N–H and O–H groups in total. The number of rotatable bonds is 11. The standard InChI is InChI=1S/C19H34O5/c1-3-4-7-11-19(2,24)12-10-15-14(16(20)13-17(15)21)8-5-6-9-18(22)23/h10,12,14-17,20-21,24H,3-9,11,13H2,1-2H3,(H,22,23)/b12-10+/t14-,15-,16+,17-,19+/m1/s1. The molecule has 0 spiro atoms. The third kappa shape index (κ3) is 7.32. The van der Waals surface area contributed by atoms with Crippen molar-refractivity contribution in [2.45, 2.75) is 89.4 Å². The molecule has 1 rings (SSSR count). The summed E-state index contributed by atoms with van der Waals surface area (Å²) in [6.07, 6.45) is 8.76. The molecule has 1 aliphatic carbocycles. The lowest BCUT2D eigenvalue weighted by atomic mass is 9.86. The van der Waals surface area contributed by atoms with Gasteiger partial charge in [0.25, 0.3) is 0 Å². The van der Waals surface area contributed by atoms with E-state index in [9.17, 15) is 20.1 Å². The Morgan fingerprint density at radius 3 is 2.50 bits per heavy atom. The fourth-order valence-corrected chi connectivity index (χ4v) is 3.57. The summed E-state index contributed by atoms with van der Waals surface area (Å²) >= 11 is 0.